The highest BCUT2D eigenvalue weighted by Crippen LogP contribution is 2.40. The molecule has 0 atom stereocenters. The number of hydrogen-bond acceptors (Lipinski definition) is 0. The fourth-order valence-corrected chi connectivity index (χ4v) is 8.02. The molecule has 0 N–H and O–H groups in total. The van der Waals surface area contributed by atoms with Gasteiger partial charge in [0.1, 0.15) is 0 Å². The monoisotopic (exact) mass is 592 g/mol. The van der Waals surface area contributed by atoms with Crippen molar-refractivity contribution < 1.29 is 13.7 Å². The maximum atomic E-state index is 2.59. The van der Waals surface area contributed by atoms with Crippen molar-refractivity contribution in [1.29, 1.82) is 0 Å². The minimum absolute atomic E-state index is 0.793. The van der Waals surface area contributed by atoms with Gasteiger partial charge in [-0.25, -0.2) is 0 Å². The van der Waals surface area contributed by atoms with Crippen LogP contribution < -0.4 is 13.7 Å². The SMILES string of the molecule is Cc1c(-c2ccccc2)ccc2[n+]1C1(c3ccccc3-2)[n+]2ccccc2-c2ccccc2CCc2ccccc2-c2cccc[n+]21. The molecular formula is C43H34N3+3. The lowest BCUT2D eigenvalue weighted by atomic mass is 9.94. The first kappa shape index (κ1) is 26.7. The van der Waals surface area contributed by atoms with Gasteiger partial charge in [0.2, 0.25) is 22.8 Å². The molecule has 7 aromatic rings. The minimum atomic E-state index is -0.793. The normalized spacial score (nSPS) is 13.8. The number of pyridine rings is 3. The number of fused-ring (bicyclic) bond motifs is 13. The third kappa shape index (κ3) is 3.75. The van der Waals surface area contributed by atoms with Crippen molar-refractivity contribution >= 4 is 0 Å². The molecule has 1 spiro atoms. The van der Waals surface area contributed by atoms with Gasteiger partial charge in [0.05, 0.1) is 5.56 Å². The largest absolute Gasteiger partial charge is 0.590 e. The van der Waals surface area contributed by atoms with E-state index in [0.717, 1.165) is 12.8 Å². The van der Waals surface area contributed by atoms with Gasteiger partial charge in [-0.2, -0.15) is 0 Å². The third-order valence-electron chi connectivity index (χ3n) is 9.98. The average Bonchev–Trinajstić information content (AvgIpc) is 3.42. The summed E-state index contributed by atoms with van der Waals surface area (Å²) in [5.74, 6) is -0.793. The van der Waals surface area contributed by atoms with Crippen LogP contribution in [0.15, 0.2) is 164 Å². The van der Waals surface area contributed by atoms with Crippen molar-refractivity contribution in [3.05, 3.63) is 186 Å². The van der Waals surface area contributed by atoms with Crippen molar-refractivity contribution in [2.24, 2.45) is 0 Å². The highest BCUT2D eigenvalue weighted by Gasteiger charge is 2.71. The number of benzene rings is 4. The second-order valence-corrected chi connectivity index (χ2v) is 12.3. The Hall–Kier alpha value is -5.67. The Morgan fingerprint density at radius 1 is 0.435 bits per heavy atom. The number of aryl methyl sites for hydroxylation is 2. The summed E-state index contributed by atoms with van der Waals surface area (Å²) in [5, 5.41) is 0. The first-order valence-corrected chi connectivity index (χ1v) is 16.2. The van der Waals surface area contributed by atoms with E-state index in [2.05, 4.69) is 185 Å². The molecule has 3 nitrogen and oxygen atoms in total. The van der Waals surface area contributed by atoms with Gasteiger partial charge in [-0.3, -0.25) is 0 Å². The second-order valence-electron chi connectivity index (χ2n) is 12.3. The average molecular weight is 593 g/mol. The number of aromatic nitrogens is 3. The molecule has 0 saturated heterocycles. The van der Waals surface area contributed by atoms with E-state index in [0.29, 0.717) is 0 Å². The van der Waals surface area contributed by atoms with Crippen LogP contribution in [0.3, 0.4) is 0 Å². The van der Waals surface area contributed by atoms with Gasteiger partial charge in [-0.05, 0) is 72.0 Å². The van der Waals surface area contributed by atoms with Crippen molar-refractivity contribution in [3.8, 4) is 44.9 Å². The van der Waals surface area contributed by atoms with Crippen LogP contribution in [0.25, 0.3) is 44.9 Å². The second kappa shape index (κ2) is 10.5. The number of nitrogens with zero attached hydrogens (tertiary/aromatic N) is 3. The van der Waals surface area contributed by atoms with Crippen LogP contribution in [-0.4, -0.2) is 0 Å². The topological polar surface area (TPSA) is 11.6 Å². The van der Waals surface area contributed by atoms with Gasteiger partial charge in [0.25, 0.3) is 0 Å². The predicted octanol–water partition coefficient (Wildman–Crippen LogP) is 7.69. The Labute approximate surface area is 270 Å². The summed E-state index contributed by atoms with van der Waals surface area (Å²) in [5.41, 5.74) is 15.0. The van der Waals surface area contributed by atoms with Gasteiger partial charge < -0.3 is 0 Å². The highest BCUT2D eigenvalue weighted by molar-refractivity contribution is 5.71. The molecule has 3 aromatic heterocycles. The molecule has 0 fully saturated rings. The lowest BCUT2D eigenvalue weighted by molar-refractivity contribution is -1.15. The Morgan fingerprint density at radius 3 is 1.59 bits per heavy atom. The molecule has 46 heavy (non-hydrogen) atoms. The molecule has 4 aromatic carbocycles. The molecule has 218 valence electrons. The van der Waals surface area contributed by atoms with E-state index in [9.17, 15) is 0 Å². The first-order chi connectivity index (χ1) is 22.8. The van der Waals surface area contributed by atoms with Crippen LogP contribution in [0.2, 0.25) is 0 Å². The van der Waals surface area contributed by atoms with Crippen LogP contribution in [0, 0.1) is 6.92 Å². The van der Waals surface area contributed by atoms with Crippen LogP contribution in [0.4, 0.5) is 0 Å². The molecule has 5 heterocycles. The Morgan fingerprint density at radius 2 is 0.957 bits per heavy atom. The molecule has 0 bridgehead atoms. The van der Waals surface area contributed by atoms with Crippen LogP contribution in [0.1, 0.15) is 22.4 Å². The van der Waals surface area contributed by atoms with Crippen molar-refractivity contribution in [2.45, 2.75) is 25.6 Å². The molecule has 0 aliphatic carbocycles. The van der Waals surface area contributed by atoms with E-state index in [1.807, 2.05) is 0 Å². The number of rotatable bonds is 1. The van der Waals surface area contributed by atoms with E-state index in [1.165, 1.54) is 67.3 Å². The van der Waals surface area contributed by atoms with E-state index < -0.39 is 5.79 Å². The van der Waals surface area contributed by atoms with Gasteiger partial charge in [-0.15, -0.1) is 0 Å². The van der Waals surface area contributed by atoms with E-state index in [-0.39, 0.29) is 0 Å². The molecule has 0 unspecified atom stereocenters. The lowest BCUT2D eigenvalue weighted by Gasteiger charge is -2.21. The number of hydrogen-bond donors (Lipinski definition) is 0. The predicted molar refractivity (Wildman–Crippen MR) is 182 cm³/mol. The third-order valence-corrected chi connectivity index (χ3v) is 9.98. The summed E-state index contributed by atoms with van der Waals surface area (Å²) in [7, 11) is 0. The van der Waals surface area contributed by atoms with E-state index in [4.69, 9.17) is 0 Å². The van der Waals surface area contributed by atoms with Crippen molar-refractivity contribution in [1.82, 2.24) is 0 Å². The Kier molecular flexibility index (Phi) is 6.07. The van der Waals surface area contributed by atoms with E-state index in [1.54, 1.807) is 0 Å². The molecular weight excluding hydrogens is 558 g/mol. The van der Waals surface area contributed by atoms with E-state index >= 15 is 0 Å². The summed E-state index contributed by atoms with van der Waals surface area (Å²) in [4.78, 5) is 0. The smallest absolute Gasteiger partial charge is 0.0672 e. The molecule has 2 aliphatic heterocycles. The van der Waals surface area contributed by atoms with Gasteiger partial charge in [-0.1, -0.05) is 92.6 Å². The van der Waals surface area contributed by atoms with Crippen molar-refractivity contribution in [3.63, 3.8) is 0 Å². The molecule has 0 amide bonds. The summed E-state index contributed by atoms with van der Waals surface area (Å²) in [6.07, 6.45) is 6.49. The zero-order valence-electron chi connectivity index (χ0n) is 25.8. The maximum absolute atomic E-state index is 2.59. The quantitative estimate of drug-likeness (QED) is 0.173. The molecule has 9 rings (SSSR count). The Bertz CT molecular complexity index is 2190. The van der Waals surface area contributed by atoms with Gasteiger partial charge >= 0.3 is 5.79 Å². The summed E-state index contributed by atoms with van der Waals surface area (Å²) < 4.78 is 7.65. The Balaban J connectivity index is 1.53. The summed E-state index contributed by atoms with van der Waals surface area (Å²) in [6, 6.07) is 55.7. The van der Waals surface area contributed by atoms with Gasteiger partial charge in [0.15, 0.2) is 18.0 Å². The van der Waals surface area contributed by atoms with Crippen LogP contribution in [-0.2, 0) is 18.6 Å². The summed E-state index contributed by atoms with van der Waals surface area (Å²) >= 11 is 0. The minimum Gasteiger partial charge on any atom is -0.0672 e. The lowest BCUT2D eigenvalue weighted by Crippen LogP contribution is -2.87. The zero-order chi connectivity index (χ0) is 30.7. The zero-order valence-corrected chi connectivity index (χ0v) is 25.8. The summed E-state index contributed by atoms with van der Waals surface area (Å²) in [6.45, 7) is 2.29. The standard InChI is InChI=1S/C43H34N3/c1-31-35(32-15-3-2-4-16-32)27-28-42-38-21-9-10-22-39(38)43(46(31)42)44-29-13-11-23-40(44)36-19-7-5-17-33(36)25-26-34-18-6-8-20-37(34)41-24-12-14-30-45(41)43/h2-24,27-30H,25-26H2,1H3/q+3. The first-order valence-electron chi connectivity index (χ1n) is 16.2. The molecule has 0 radical (unpaired) electrons. The maximum Gasteiger partial charge on any atom is 0.590 e. The van der Waals surface area contributed by atoms with Gasteiger partial charge in [0, 0.05) is 53.9 Å². The molecule has 3 heteroatoms. The molecule has 2 aliphatic rings. The van der Waals surface area contributed by atoms with Crippen molar-refractivity contribution in [2.75, 3.05) is 0 Å². The fraction of sp³-hybridized carbons (Fsp3) is 0.0930. The van der Waals surface area contributed by atoms with Crippen LogP contribution in [0.5, 0.6) is 0 Å². The highest BCUT2D eigenvalue weighted by atomic mass is 15.4. The molecule has 0 saturated carbocycles. The fourth-order valence-electron chi connectivity index (χ4n) is 8.02. The van der Waals surface area contributed by atoms with Crippen LogP contribution >= 0.6 is 0 Å².